The maximum absolute atomic E-state index is 11.6. The first-order valence-electron chi connectivity index (χ1n) is 8.42. The number of esters is 1. The van der Waals surface area contributed by atoms with Crippen molar-refractivity contribution in [3.63, 3.8) is 0 Å². The van der Waals surface area contributed by atoms with Gasteiger partial charge in [-0.15, -0.1) is 0 Å². The van der Waals surface area contributed by atoms with Gasteiger partial charge in [0.05, 0.1) is 6.61 Å². The van der Waals surface area contributed by atoms with Gasteiger partial charge in [-0.3, -0.25) is 9.69 Å². The Morgan fingerprint density at radius 1 is 0.900 bits per heavy atom. The second kappa shape index (κ2) is 13.4. The number of unbranched alkanes of at least 4 members (excludes halogenated alkanes) is 9. The van der Waals surface area contributed by atoms with Gasteiger partial charge < -0.3 is 4.74 Å². The van der Waals surface area contributed by atoms with Crippen molar-refractivity contribution in [3.05, 3.63) is 0 Å². The van der Waals surface area contributed by atoms with Crippen molar-refractivity contribution in [1.29, 1.82) is 0 Å². The summed E-state index contributed by atoms with van der Waals surface area (Å²) in [6.45, 7) is 4.71. The average Bonchev–Trinajstić information content (AvgIpc) is 2.43. The van der Waals surface area contributed by atoms with Crippen LogP contribution in [0.5, 0.6) is 0 Å². The number of hydrogen-bond acceptors (Lipinski definition) is 3. The fourth-order valence-electron chi connectivity index (χ4n) is 2.09. The smallest absolute Gasteiger partial charge is 0.323 e. The molecule has 0 aromatic carbocycles. The van der Waals surface area contributed by atoms with E-state index < -0.39 is 0 Å². The van der Waals surface area contributed by atoms with Crippen LogP contribution in [-0.4, -0.2) is 37.6 Å². The molecule has 0 aliphatic heterocycles. The number of rotatable bonds is 13. The van der Waals surface area contributed by atoms with Crippen LogP contribution in [-0.2, 0) is 9.53 Å². The van der Waals surface area contributed by atoms with Crippen molar-refractivity contribution in [2.75, 3.05) is 20.7 Å². The summed E-state index contributed by atoms with van der Waals surface area (Å²) in [4.78, 5) is 13.5. The fourth-order valence-corrected chi connectivity index (χ4v) is 2.09. The molecular formula is C17H35NO2. The monoisotopic (exact) mass is 285 g/mol. The number of nitrogens with zero attached hydrogens (tertiary/aromatic N) is 1. The summed E-state index contributed by atoms with van der Waals surface area (Å²) in [5.74, 6) is -0.106. The number of carbonyl (C=O) groups excluding carboxylic acids is 1. The molecule has 0 N–H and O–H groups in total. The van der Waals surface area contributed by atoms with Gasteiger partial charge in [0.1, 0.15) is 6.04 Å². The van der Waals surface area contributed by atoms with E-state index in [2.05, 4.69) is 6.92 Å². The predicted molar refractivity (Wildman–Crippen MR) is 86.0 cm³/mol. The molecule has 0 aromatic rings. The van der Waals surface area contributed by atoms with Gasteiger partial charge in [0.25, 0.3) is 0 Å². The van der Waals surface area contributed by atoms with E-state index in [-0.39, 0.29) is 12.0 Å². The zero-order chi connectivity index (χ0) is 15.2. The van der Waals surface area contributed by atoms with E-state index in [1.165, 1.54) is 57.8 Å². The molecular weight excluding hydrogens is 250 g/mol. The summed E-state index contributed by atoms with van der Waals surface area (Å²) >= 11 is 0. The van der Waals surface area contributed by atoms with E-state index in [9.17, 15) is 4.79 Å². The molecule has 120 valence electrons. The maximum Gasteiger partial charge on any atom is 0.323 e. The molecule has 0 aliphatic carbocycles. The molecule has 0 spiro atoms. The van der Waals surface area contributed by atoms with Crippen LogP contribution in [0.3, 0.4) is 0 Å². The molecule has 3 nitrogen and oxygen atoms in total. The average molecular weight is 285 g/mol. The zero-order valence-electron chi connectivity index (χ0n) is 14.1. The third-order valence-electron chi connectivity index (χ3n) is 3.86. The van der Waals surface area contributed by atoms with Gasteiger partial charge in [0.2, 0.25) is 0 Å². The molecule has 0 radical (unpaired) electrons. The topological polar surface area (TPSA) is 29.5 Å². The van der Waals surface area contributed by atoms with Crippen molar-refractivity contribution >= 4 is 5.97 Å². The first kappa shape index (κ1) is 19.4. The van der Waals surface area contributed by atoms with Crippen molar-refractivity contribution in [2.45, 2.75) is 84.1 Å². The van der Waals surface area contributed by atoms with E-state index >= 15 is 0 Å². The molecule has 0 amide bonds. The minimum absolute atomic E-state index is 0.106. The lowest BCUT2D eigenvalue weighted by atomic mass is 10.1. The van der Waals surface area contributed by atoms with Crippen LogP contribution >= 0.6 is 0 Å². The summed E-state index contributed by atoms with van der Waals surface area (Å²) in [5, 5.41) is 0. The highest BCUT2D eigenvalue weighted by Crippen LogP contribution is 2.10. The normalized spacial score (nSPS) is 12.7. The Bertz CT molecular complexity index is 229. The molecule has 0 aromatic heterocycles. The minimum Gasteiger partial charge on any atom is -0.465 e. The molecule has 0 bridgehead atoms. The molecule has 0 fully saturated rings. The minimum atomic E-state index is -0.141. The highest BCUT2D eigenvalue weighted by molar-refractivity contribution is 5.75. The maximum atomic E-state index is 11.6. The van der Waals surface area contributed by atoms with Crippen LogP contribution in [0, 0.1) is 0 Å². The molecule has 0 rings (SSSR count). The second-order valence-corrected chi connectivity index (χ2v) is 5.99. The van der Waals surface area contributed by atoms with Gasteiger partial charge in [-0.1, -0.05) is 64.7 Å². The van der Waals surface area contributed by atoms with Gasteiger partial charge in [-0.2, -0.15) is 0 Å². The van der Waals surface area contributed by atoms with E-state index in [1.54, 1.807) is 0 Å². The third-order valence-corrected chi connectivity index (χ3v) is 3.86. The summed E-state index contributed by atoms with van der Waals surface area (Å²) < 4.78 is 5.26. The Balaban J connectivity index is 3.23. The third kappa shape index (κ3) is 11.3. The van der Waals surface area contributed by atoms with Crippen molar-refractivity contribution < 1.29 is 9.53 Å². The highest BCUT2D eigenvalue weighted by Gasteiger charge is 2.15. The van der Waals surface area contributed by atoms with E-state index in [4.69, 9.17) is 4.74 Å². The van der Waals surface area contributed by atoms with Crippen molar-refractivity contribution in [3.8, 4) is 0 Å². The Morgan fingerprint density at radius 3 is 1.80 bits per heavy atom. The molecule has 0 heterocycles. The lowest BCUT2D eigenvalue weighted by Gasteiger charge is -2.17. The number of hydrogen-bond donors (Lipinski definition) is 0. The SMILES string of the molecule is CCCCCCCCCCCCOC(=O)[C@H](C)N(C)C. The number of ether oxygens (including phenoxy) is 1. The Morgan fingerprint density at radius 2 is 1.35 bits per heavy atom. The van der Waals surface area contributed by atoms with Crippen LogP contribution in [0.25, 0.3) is 0 Å². The highest BCUT2D eigenvalue weighted by atomic mass is 16.5. The van der Waals surface area contributed by atoms with Gasteiger partial charge in [0.15, 0.2) is 0 Å². The van der Waals surface area contributed by atoms with Crippen LogP contribution in [0.15, 0.2) is 0 Å². The first-order chi connectivity index (χ1) is 9.59. The lowest BCUT2D eigenvalue weighted by molar-refractivity contribution is -0.148. The standard InChI is InChI=1S/C17H35NO2/c1-5-6-7-8-9-10-11-12-13-14-15-20-17(19)16(2)18(3)4/h16H,5-15H2,1-4H3/t16-/m0/s1. The van der Waals surface area contributed by atoms with Crippen LogP contribution in [0.2, 0.25) is 0 Å². The van der Waals surface area contributed by atoms with Crippen molar-refractivity contribution in [1.82, 2.24) is 4.90 Å². The quantitative estimate of drug-likeness (QED) is 0.371. The van der Waals surface area contributed by atoms with Crippen LogP contribution in [0.1, 0.15) is 78.1 Å². The molecule has 0 saturated heterocycles. The van der Waals surface area contributed by atoms with Crippen molar-refractivity contribution in [2.24, 2.45) is 0 Å². The first-order valence-corrected chi connectivity index (χ1v) is 8.42. The van der Waals surface area contributed by atoms with Crippen LogP contribution < -0.4 is 0 Å². The van der Waals surface area contributed by atoms with Gasteiger partial charge >= 0.3 is 5.97 Å². The van der Waals surface area contributed by atoms with Gasteiger partial charge in [-0.05, 0) is 27.4 Å². The summed E-state index contributed by atoms with van der Waals surface area (Å²) in [5.41, 5.74) is 0. The number of likely N-dealkylation sites (N-methyl/N-ethyl adjacent to an activating group) is 1. The summed E-state index contributed by atoms with van der Waals surface area (Å²) in [6, 6.07) is -0.141. The zero-order valence-corrected chi connectivity index (χ0v) is 14.1. The summed E-state index contributed by atoms with van der Waals surface area (Å²) in [6.07, 6.45) is 13.0. The Kier molecular flexibility index (Phi) is 13.0. The predicted octanol–water partition coefficient (Wildman–Crippen LogP) is 4.40. The second-order valence-electron chi connectivity index (χ2n) is 5.99. The van der Waals surface area contributed by atoms with Gasteiger partial charge in [-0.25, -0.2) is 0 Å². The molecule has 3 heteroatoms. The lowest BCUT2D eigenvalue weighted by Crippen LogP contribution is -2.34. The molecule has 0 unspecified atom stereocenters. The van der Waals surface area contributed by atoms with E-state index in [1.807, 2.05) is 25.9 Å². The largest absolute Gasteiger partial charge is 0.465 e. The van der Waals surface area contributed by atoms with Crippen LogP contribution in [0.4, 0.5) is 0 Å². The molecule has 1 atom stereocenters. The Hall–Kier alpha value is -0.570. The van der Waals surface area contributed by atoms with Gasteiger partial charge in [0, 0.05) is 0 Å². The Labute approximate surface area is 126 Å². The number of carbonyl (C=O) groups is 1. The fraction of sp³-hybridized carbons (Fsp3) is 0.941. The van der Waals surface area contributed by atoms with E-state index in [0.717, 1.165) is 6.42 Å². The molecule has 0 saturated carbocycles. The van der Waals surface area contributed by atoms with E-state index in [0.29, 0.717) is 6.61 Å². The molecule has 0 aliphatic rings. The summed E-state index contributed by atoms with van der Waals surface area (Å²) in [7, 11) is 3.79. The molecule has 20 heavy (non-hydrogen) atoms.